The van der Waals surface area contributed by atoms with Crippen LogP contribution in [-0.2, 0) is 28.6 Å². The standard InChI is InChI=1S/C63H112O6/c1-4-7-10-13-16-19-22-25-28-29-30-31-32-33-36-38-41-44-47-50-53-56-62(65)68-59-60(69-63(66)57-54-51-48-45-42-39-35-27-24-21-18-15-12-9-6-3)58-67-61(64)55-52-49-46-43-40-37-34-26-23-20-17-14-11-8-5-2/h9,12,18,21,26-27,34-35,42,45,60H,4-8,10-11,13-17,19-20,22-25,28-33,36-41,43-44,46-59H2,1-3H3/b12-9-,21-18-,34-26-,35-27-,45-42-/t60-/m1/s1. The van der Waals surface area contributed by atoms with E-state index in [-0.39, 0.29) is 37.5 Å². The van der Waals surface area contributed by atoms with Gasteiger partial charge >= 0.3 is 17.9 Å². The molecule has 0 aromatic carbocycles. The Labute approximate surface area is 428 Å². The molecular formula is C63H112O6. The van der Waals surface area contributed by atoms with Gasteiger partial charge in [0.15, 0.2) is 6.10 Å². The fourth-order valence-corrected chi connectivity index (χ4v) is 8.55. The number of hydrogen-bond donors (Lipinski definition) is 0. The molecule has 0 aliphatic rings. The zero-order valence-electron chi connectivity index (χ0n) is 45.8. The SMILES string of the molecule is CC/C=C\C/C=C\C/C=C\C/C=C\CCCCC(=O)O[C@H](COC(=O)CCCCCCC/C=C\CCCCCCCC)COC(=O)CCCCCCCCCCCCCCCCCCCCCCC. The minimum absolute atomic E-state index is 0.0908. The van der Waals surface area contributed by atoms with Crippen LogP contribution in [0.3, 0.4) is 0 Å². The van der Waals surface area contributed by atoms with Crippen LogP contribution in [0.4, 0.5) is 0 Å². The smallest absolute Gasteiger partial charge is 0.306 e. The molecule has 0 N–H and O–H groups in total. The van der Waals surface area contributed by atoms with Crippen molar-refractivity contribution in [2.24, 2.45) is 0 Å². The highest BCUT2D eigenvalue weighted by Gasteiger charge is 2.19. The molecule has 69 heavy (non-hydrogen) atoms. The molecular weight excluding hydrogens is 853 g/mol. The van der Waals surface area contributed by atoms with Gasteiger partial charge in [-0.3, -0.25) is 14.4 Å². The Bertz CT molecular complexity index is 1250. The van der Waals surface area contributed by atoms with Gasteiger partial charge in [0.05, 0.1) is 0 Å². The number of hydrogen-bond acceptors (Lipinski definition) is 6. The van der Waals surface area contributed by atoms with Crippen molar-refractivity contribution < 1.29 is 28.6 Å². The summed E-state index contributed by atoms with van der Waals surface area (Å²) in [5.41, 5.74) is 0. The van der Waals surface area contributed by atoms with E-state index in [1.165, 1.54) is 173 Å². The Morgan fingerprint density at radius 2 is 0.565 bits per heavy atom. The molecule has 0 rings (SSSR count). The molecule has 0 aliphatic carbocycles. The molecule has 0 heterocycles. The van der Waals surface area contributed by atoms with Gasteiger partial charge in [0.1, 0.15) is 13.2 Å². The molecule has 400 valence electrons. The number of carbonyl (C=O) groups is 3. The summed E-state index contributed by atoms with van der Waals surface area (Å²) in [5.74, 6) is -0.928. The maximum absolute atomic E-state index is 12.8. The fourth-order valence-electron chi connectivity index (χ4n) is 8.55. The molecule has 1 atom stereocenters. The van der Waals surface area contributed by atoms with E-state index < -0.39 is 6.10 Å². The van der Waals surface area contributed by atoms with Gasteiger partial charge in [0.2, 0.25) is 0 Å². The zero-order valence-corrected chi connectivity index (χ0v) is 45.8. The van der Waals surface area contributed by atoms with Crippen molar-refractivity contribution in [2.75, 3.05) is 13.2 Å². The average molecular weight is 966 g/mol. The summed E-state index contributed by atoms with van der Waals surface area (Å²) in [6.45, 7) is 6.51. The van der Waals surface area contributed by atoms with Crippen molar-refractivity contribution in [1.29, 1.82) is 0 Å². The van der Waals surface area contributed by atoms with Crippen molar-refractivity contribution in [3.8, 4) is 0 Å². The van der Waals surface area contributed by atoms with Crippen LogP contribution in [0.25, 0.3) is 0 Å². The van der Waals surface area contributed by atoms with Gasteiger partial charge in [-0.2, -0.15) is 0 Å². The first-order valence-corrected chi connectivity index (χ1v) is 29.8. The van der Waals surface area contributed by atoms with E-state index in [0.717, 1.165) is 83.5 Å². The number of esters is 3. The molecule has 6 nitrogen and oxygen atoms in total. The summed E-state index contributed by atoms with van der Waals surface area (Å²) in [6.07, 6.45) is 72.2. The molecule has 6 heteroatoms. The first kappa shape index (κ1) is 66.1. The van der Waals surface area contributed by atoms with Crippen molar-refractivity contribution in [1.82, 2.24) is 0 Å². The van der Waals surface area contributed by atoms with Gasteiger partial charge in [-0.25, -0.2) is 0 Å². The van der Waals surface area contributed by atoms with E-state index in [0.29, 0.717) is 19.3 Å². The summed E-state index contributed by atoms with van der Waals surface area (Å²) in [7, 11) is 0. The van der Waals surface area contributed by atoms with Gasteiger partial charge in [-0.15, -0.1) is 0 Å². The Morgan fingerprint density at radius 3 is 0.928 bits per heavy atom. The molecule has 0 fully saturated rings. The Balaban J connectivity index is 4.36. The molecule has 0 aliphatic heterocycles. The molecule has 0 aromatic rings. The molecule has 0 aromatic heterocycles. The highest BCUT2D eigenvalue weighted by atomic mass is 16.6. The summed E-state index contributed by atoms with van der Waals surface area (Å²) < 4.78 is 16.8. The summed E-state index contributed by atoms with van der Waals surface area (Å²) in [4.78, 5) is 38.2. The van der Waals surface area contributed by atoms with Gasteiger partial charge < -0.3 is 14.2 Å². The predicted molar refractivity (Wildman–Crippen MR) is 298 cm³/mol. The second-order valence-electron chi connectivity index (χ2n) is 19.9. The lowest BCUT2D eigenvalue weighted by atomic mass is 10.0. The number of rotatable bonds is 54. The predicted octanol–water partition coefficient (Wildman–Crippen LogP) is 20.0. The lowest BCUT2D eigenvalue weighted by Gasteiger charge is -2.18. The monoisotopic (exact) mass is 965 g/mol. The maximum atomic E-state index is 12.8. The van der Waals surface area contributed by atoms with Crippen molar-refractivity contribution in [3.63, 3.8) is 0 Å². The Hall–Kier alpha value is -2.89. The van der Waals surface area contributed by atoms with E-state index in [2.05, 4.69) is 81.5 Å². The highest BCUT2D eigenvalue weighted by molar-refractivity contribution is 5.71. The number of allylic oxidation sites excluding steroid dienone is 10. The maximum Gasteiger partial charge on any atom is 0.306 e. The minimum atomic E-state index is -0.798. The summed E-state index contributed by atoms with van der Waals surface area (Å²) >= 11 is 0. The van der Waals surface area contributed by atoms with Crippen LogP contribution in [0.2, 0.25) is 0 Å². The molecule has 0 spiro atoms. The first-order valence-electron chi connectivity index (χ1n) is 29.8. The largest absolute Gasteiger partial charge is 0.462 e. The molecule has 0 saturated carbocycles. The van der Waals surface area contributed by atoms with Crippen LogP contribution in [0.1, 0.15) is 303 Å². The van der Waals surface area contributed by atoms with Gasteiger partial charge in [0.25, 0.3) is 0 Å². The fraction of sp³-hybridized carbons (Fsp3) is 0.794. The number of unbranched alkanes of at least 4 members (excludes halogenated alkanes) is 33. The van der Waals surface area contributed by atoms with E-state index in [1.54, 1.807) is 0 Å². The normalized spacial score (nSPS) is 12.4. The zero-order chi connectivity index (χ0) is 50.0. The van der Waals surface area contributed by atoms with Crippen LogP contribution in [0.15, 0.2) is 60.8 Å². The topological polar surface area (TPSA) is 78.9 Å². The van der Waals surface area contributed by atoms with Crippen LogP contribution in [0.5, 0.6) is 0 Å². The minimum Gasteiger partial charge on any atom is -0.462 e. The highest BCUT2D eigenvalue weighted by Crippen LogP contribution is 2.17. The van der Waals surface area contributed by atoms with E-state index in [4.69, 9.17) is 14.2 Å². The molecule has 0 radical (unpaired) electrons. The molecule has 0 amide bonds. The van der Waals surface area contributed by atoms with Crippen molar-refractivity contribution >= 4 is 17.9 Å². The number of ether oxygens (including phenoxy) is 3. The van der Waals surface area contributed by atoms with E-state index in [9.17, 15) is 14.4 Å². The Morgan fingerprint density at radius 1 is 0.304 bits per heavy atom. The number of carbonyl (C=O) groups excluding carboxylic acids is 3. The molecule has 0 saturated heterocycles. The van der Waals surface area contributed by atoms with Crippen molar-refractivity contribution in [3.05, 3.63) is 60.8 Å². The van der Waals surface area contributed by atoms with Crippen LogP contribution < -0.4 is 0 Å². The summed E-state index contributed by atoms with van der Waals surface area (Å²) in [6, 6.07) is 0. The van der Waals surface area contributed by atoms with E-state index >= 15 is 0 Å². The molecule has 0 bridgehead atoms. The third kappa shape index (κ3) is 55.9. The van der Waals surface area contributed by atoms with Crippen LogP contribution >= 0.6 is 0 Å². The third-order valence-corrected chi connectivity index (χ3v) is 13.0. The van der Waals surface area contributed by atoms with Gasteiger partial charge in [0, 0.05) is 19.3 Å². The van der Waals surface area contributed by atoms with Gasteiger partial charge in [-0.05, 0) is 83.5 Å². The summed E-state index contributed by atoms with van der Waals surface area (Å²) in [5, 5.41) is 0. The van der Waals surface area contributed by atoms with Gasteiger partial charge in [-0.1, -0.05) is 261 Å². The quantitative estimate of drug-likeness (QED) is 0.0262. The molecule has 0 unspecified atom stereocenters. The lowest BCUT2D eigenvalue weighted by molar-refractivity contribution is -0.167. The second-order valence-corrected chi connectivity index (χ2v) is 19.9. The Kier molecular flexibility index (Phi) is 55.3. The van der Waals surface area contributed by atoms with Crippen molar-refractivity contribution in [2.45, 2.75) is 309 Å². The lowest BCUT2D eigenvalue weighted by Crippen LogP contribution is -2.30. The first-order chi connectivity index (χ1) is 34.0. The van der Waals surface area contributed by atoms with Crippen LogP contribution in [0, 0.1) is 0 Å². The third-order valence-electron chi connectivity index (χ3n) is 13.0. The second kappa shape index (κ2) is 57.7. The van der Waals surface area contributed by atoms with E-state index in [1.807, 2.05) is 0 Å². The average Bonchev–Trinajstić information content (AvgIpc) is 3.35. The van der Waals surface area contributed by atoms with Crippen LogP contribution in [-0.4, -0.2) is 37.2 Å².